The molecule has 0 heterocycles. The third kappa shape index (κ3) is 4.00. The molecule has 19 heavy (non-hydrogen) atoms. The minimum atomic E-state index is -0.764. The Kier molecular flexibility index (Phi) is 4.42. The second kappa shape index (κ2) is 6.25. The van der Waals surface area contributed by atoms with Crippen LogP contribution in [-0.4, -0.2) is 5.97 Å². The number of esters is 1. The minimum absolute atomic E-state index is 0.400. The van der Waals surface area contributed by atoms with E-state index in [9.17, 15) is 4.79 Å². The van der Waals surface area contributed by atoms with E-state index < -0.39 is 12.3 Å². The Hall–Kier alpha value is -2.00. The molecule has 0 radical (unpaired) electrons. The molecule has 2 rings (SSSR count). The van der Waals surface area contributed by atoms with E-state index in [1.165, 1.54) is 6.92 Å². The predicted octanol–water partition coefficient (Wildman–Crippen LogP) is 3.98. The summed E-state index contributed by atoms with van der Waals surface area (Å²) in [5, 5.41) is 0.621. The Morgan fingerprint density at radius 3 is 2.26 bits per heavy atom. The van der Waals surface area contributed by atoms with Gasteiger partial charge in [-0.25, -0.2) is 0 Å². The molecule has 0 aliphatic carbocycles. The van der Waals surface area contributed by atoms with Gasteiger partial charge in [-0.2, -0.15) is 0 Å². The molecule has 0 aliphatic rings. The van der Waals surface area contributed by atoms with E-state index in [4.69, 9.17) is 21.1 Å². The fourth-order valence-corrected chi connectivity index (χ4v) is 1.68. The van der Waals surface area contributed by atoms with Gasteiger partial charge in [-0.05, 0) is 24.3 Å². The molecule has 98 valence electrons. The molecular weight excluding hydrogens is 264 g/mol. The number of rotatable bonds is 4. The normalized spacial score (nSPS) is 11.7. The Morgan fingerprint density at radius 1 is 1.05 bits per heavy atom. The zero-order valence-corrected chi connectivity index (χ0v) is 11.1. The minimum Gasteiger partial charge on any atom is -0.450 e. The molecule has 0 N–H and O–H groups in total. The van der Waals surface area contributed by atoms with Gasteiger partial charge in [0.2, 0.25) is 0 Å². The SMILES string of the molecule is CC(=O)OC(Oc1ccc(Cl)cc1)c1ccccc1. The molecule has 0 saturated carbocycles. The number of carbonyl (C=O) groups excluding carboxylic acids is 1. The molecule has 0 spiro atoms. The number of hydrogen-bond donors (Lipinski definition) is 0. The van der Waals surface area contributed by atoms with Gasteiger partial charge in [0, 0.05) is 17.5 Å². The summed E-state index contributed by atoms with van der Waals surface area (Å²) in [6.07, 6.45) is -0.764. The number of carbonyl (C=O) groups is 1. The van der Waals surface area contributed by atoms with Crippen LogP contribution in [0.5, 0.6) is 5.75 Å². The quantitative estimate of drug-likeness (QED) is 0.626. The van der Waals surface area contributed by atoms with Crippen molar-refractivity contribution in [1.29, 1.82) is 0 Å². The molecule has 0 bridgehead atoms. The number of benzene rings is 2. The van der Waals surface area contributed by atoms with E-state index in [0.29, 0.717) is 10.8 Å². The molecule has 1 atom stereocenters. The van der Waals surface area contributed by atoms with Gasteiger partial charge in [0.25, 0.3) is 6.29 Å². The van der Waals surface area contributed by atoms with E-state index in [-0.39, 0.29) is 0 Å². The fourth-order valence-electron chi connectivity index (χ4n) is 1.56. The largest absolute Gasteiger partial charge is 0.450 e. The van der Waals surface area contributed by atoms with Crippen molar-refractivity contribution >= 4 is 17.6 Å². The van der Waals surface area contributed by atoms with E-state index in [1.54, 1.807) is 24.3 Å². The summed E-state index contributed by atoms with van der Waals surface area (Å²) >= 11 is 5.81. The topological polar surface area (TPSA) is 35.5 Å². The van der Waals surface area contributed by atoms with Crippen molar-refractivity contribution in [1.82, 2.24) is 0 Å². The predicted molar refractivity (Wildman–Crippen MR) is 73.0 cm³/mol. The van der Waals surface area contributed by atoms with Crippen molar-refractivity contribution in [2.75, 3.05) is 0 Å². The van der Waals surface area contributed by atoms with Crippen molar-refractivity contribution in [2.24, 2.45) is 0 Å². The van der Waals surface area contributed by atoms with E-state index in [0.717, 1.165) is 5.56 Å². The average Bonchev–Trinajstić information content (AvgIpc) is 2.41. The van der Waals surface area contributed by atoms with Crippen LogP contribution in [0, 0.1) is 0 Å². The van der Waals surface area contributed by atoms with Gasteiger partial charge >= 0.3 is 5.97 Å². The zero-order valence-electron chi connectivity index (χ0n) is 10.4. The van der Waals surface area contributed by atoms with Gasteiger partial charge in [-0.1, -0.05) is 41.9 Å². The maximum absolute atomic E-state index is 11.1. The highest BCUT2D eigenvalue weighted by Crippen LogP contribution is 2.24. The summed E-state index contributed by atoms with van der Waals surface area (Å²) in [7, 11) is 0. The molecule has 3 nitrogen and oxygen atoms in total. The fraction of sp³-hybridized carbons (Fsp3) is 0.133. The number of halogens is 1. The molecule has 2 aromatic rings. The zero-order chi connectivity index (χ0) is 13.7. The first-order valence-corrected chi connectivity index (χ1v) is 6.17. The monoisotopic (exact) mass is 276 g/mol. The van der Waals surface area contributed by atoms with Crippen LogP contribution in [-0.2, 0) is 9.53 Å². The molecule has 0 saturated heterocycles. The third-order valence-electron chi connectivity index (χ3n) is 2.40. The van der Waals surface area contributed by atoms with Gasteiger partial charge in [-0.15, -0.1) is 0 Å². The molecule has 0 fully saturated rings. The van der Waals surface area contributed by atoms with Crippen molar-refractivity contribution in [2.45, 2.75) is 13.2 Å². The molecule has 2 aromatic carbocycles. The van der Waals surface area contributed by atoms with Crippen molar-refractivity contribution in [3.8, 4) is 5.75 Å². The lowest BCUT2D eigenvalue weighted by atomic mass is 10.2. The molecule has 0 amide bonds. The highest BCUT2D eigenvalue weighted by atomic mass is 35.5. The highest BCUT2D eigenvalue weighted by molar-refractivity contribution is 6.30. The van der Waals surface area contributed by atoms with Crippen LogP contribution in [0.3, 0.4) is 0 Å². The standard InChI is InChI=1S/C15H13ClO3/c1-11(17)18-15(12-5-3-2-4-6-12)19-14-9-7-13(16)8-10-14/h2-10,15H,1H3. The van der Waals surface area contributed by atoms with Crippen molar-refractivity contribution in [3.63, 3.8) is 0 Å². The average molecular weight is 277 g/mol. The Bertz CT molecular complexity index is 537. The summed E-state index contributed by atoms with van der Waals surface area (Å²) in [5.41, 5.74) is 0.771. The summed E-state index contributed by atoms with van der Waals surface area (Å²) in [6.45, 7) is 1.35. The van der Waals surface area contributed by atoms with E-state index >= 15 is 0 Å². The summed E-state index contributed by atoms with van der Waals surface area (Å²) in [5.74, 6) is 0.183. The lowest BCUT2D eigenvalue weighted by Gasteiger charge is -2.19. The first-order valence-electron chi connectivity index (χ1n) is 5.79. The van der Waals surface area contributed by atoms with E-state index in [2.05, 4.69) is 0 Å². The summed E-state index contributed by atoms with van der Waals surface area (Å²) in [6, 6.07) is 16.2. The van der Waals surface area contributed by atoms with Gasteiger partial charge < -0.3 is 9.47 Å². The lowest BCUT2D eigenvalue weighted by molar-refractivity contribution is -0.162. The van der Waals surface area contributed by atoms with Gasteiger partial charge in [-0.3, -0.25) is 4.79 Å². The smallest absolute Gasteiger partial charge is 0.305 e. The summed E-state index contributed by atoms with van der Waals surface area (Å²) < 4.78 is 10.8. The van der Waals surface area contributed by atoms with Crippen LogP contribution in [0.15, 0.2) is 54.6 Å². The third-order valence-corrected chi connectivity index (χ3v) is 2.65. The van der Waals surface area contributed by atoms with Crippen LogP contribution in [0.2, 0.25) is 5.02 Å². The van der Waals surface area contributed by atoms with Crippen LogP contribution in [0.4, 0.5) is 0 Å². The van der Waals surface area contributed by atoms with Gasteiger partial charge in [0.1, 0.15) is 5.75 Å². The van der Waals surface area contributed by atoms with Crippen LogP contribution >= 0.6 is 11.6 Å². The first-order chi connectivity index (χ1) is 9.15. The maximum atomic E-state index is 11.1. The Labute approximate surface area is 116 Å². The molecule has 4 heteroatoms. The van der Waals surface area contributed by atoms with Crippen molar-refractivity contribution < 1.29 is 14.3 Å². The maximum Gasteiger partial charge on any atom is 0.305 e. The Morgan fingerprint density at radius 2 is 1.68 bits per heavy atom. The van der Waals surface area contributed by atoms with Gasteiger partial charge in [0.15, 0.2) is 0 Å². The summed E-state index contributed by atoms with van der Waals surface area (Å²) in [4.78, 5) is 11.1. The van der Waals surface area contributed by atoms with Crippen molar-refractivity contribution in [3.05, 3.63) is 65.2 Å². The number of ether oxygens (including phenoxy) is 2. The van der Waals surface area contributed by atoms with E-state index in [1.807, 2.05) is 30.3 Å². The number of hydrogen-bond acceptors (Lipinski definition) is 3. The second-order valence-electron chi connectivity index (χ2n) is 3.92. The van der Waals surface area contributed by atoms with Crippen LogP contribution < -0.4 is 4.74 Å². The lowest BCUT2D eigenvalue weighted by Crippen LogP contribution is -2.14. The highest BCUT2D eigenvalue weighted by Gasteiger charge is 2.16. The van der Waals surface area contributed by atoms with Crippen LogP contribution in [0.1, 0.15) is 18.8 Å². The molecule has 0 aromatic heterocycles. The molecular formula is C15H13ClO3. The first kappa shape index (κ1) is 13.4. The molecule has 0 aliphatic heterocycles. The van der Waals surface area contributed by atoms with Gasteiger partial charge in [0.05, 0.1) is 0 Å². The second-order valence-corrected chi connectivity index (χ2v) is 4.36. The Balaban J connectivity index is 2.19. The van der Waals surface area contributed by atoms with Crippen LogP contribution in [0.25, 0.3) is 0 Å². The molecule has 1 unspecified atom stereocenters.